The lowest BCUT2D eigenvalue weighted by Gasteiger charge is -2.17. The Hall–Kier alpha value is -2.12. The van der Waals surface area contributed by atoms with Crippen molar-refractivity contribution in [1.82, 2.24) is 15.2 Å². The van der Waals surface area contributed by atoms with E-state index in [4.69, 9.17) is 4.74 Å². The van der Waals surface area contributed by atoms with E-state index in [9.17, 15) is 0 Å². The van der Waals surface area contributed by atoms with Crippen LogP contribution in [-0.4, -0.2) is 20.9 Å². The van der Waals surface area contributed by atoms with Crippen LogP contribution >= 0.6 is 23.1 Å². The molecule has 128 valence electrons. The zero-order valence-electron chi connectivity index (χ0n) is 14.0. The molecule has 5 nitrogen and oxygen atoms in total. The molecule has 0 fully saturated rings. The Morgan fingerprint density at radius 3 is 2.88 bits per heavy atom. The summed E-state index contributed by atoms with van der Waals surface area (Å²) in [6.45, 7) is 4.23. The number of nitrogens with one attached hydrogen (secondary N) is 1. The molecule has 3 aromatic rings. The number of thioether (sulfide) groups is 1. The SMILES string of the molecule is CCCSc1nnc2c(n1)O[C@@H](c1ccc(C)s1)Nc1ccccc1-2. The van der Waals surface area contributed by atoms with E-state index in [0.29, 0.717) is 16.7 Å². The van der Waals surface area contributed by atoms with Crippen molar-refractivity contribution in [3.05, 3.63) is 46.2 Å². The lowest BCUT2D eigenvalue weighted by molar-refractivity contribution is 0.229. The average molecular weight is 371 g/mol. The van der Waals surface area contributed by atoms with Gasteiger partial charge >= 0.3 is 0 Å². The molecule has 25 heavy (non-hydrogen) atoms. The predicted octanol–water partition coefficient (Wildman–Crippen LogP) is 4.91. The second-order valence-corrected chi connectivity index (χ2v) is 8.11. The van der Waals surface area contributed by atoms with E-state index >= 15 is 0 Å². The highest BCUT2D eigenvalue weighted by Gasteiger charge is 2.26. The van der Waals surface area contributed by atoms with E-state index in [1.165, 1.54) is 4.88 Å². The molecule has 1 N–H and O–H groups in total. The minimum absolute atomic E-state index is 0.290. The fourth-order valence-electron chi connectivity index (χ4n) is 2.62. The highest BCUT2D eigenvalue weighted by atomic mass is 32.2. The summed E-state index contributed by atoms with van der Waals surface area (Å²) in [5, 5.41) is 12.8. The molecule has 1 aliphatic heterocycles. The van der Waals surface area contributed by atoms with Gasteiger partial charge in [-0.1, -0.05) is 36.9 Å². The molecule has 0 unspecified atom stereocenters. The third-order valence-electron chi connectivity index (χ3n) is 3.79. The Bertz CT molecular complexity index is 896. The zero-order valence-corrected chi connectivity index (χ0v) is 15.7. The monoisotopic (exact) mass is 370 g/mol. The van der Waals surface area contributed by atoms with Gasteiger partial charge in [-0.15, -0.1) is 21.5 Å². The molecule has 0 aliphatic carbocycles. The largest absolute Gasteiger partial charge is 0.447 e. The van der Waals surface area contributed by atoms with Crippen LogP contribution in [0.1, 0.15) is 29.3 Å². The van der Waals surface area contributed by atoms with Crippen molar-refractivity contribution in [1.29, 1.82) is 0 Å². The quantitative estimate of drug-likeness (QED) is 0.658. The van der Waals surface area contributed by atoms with Gasteiger partial charge in [-0.05, 0) is 31.5 Å². The van der Waals surface area contributed by atoms with Crippen LogP contribution in [0.5, 0.6) is 5.88 Å². The topological polar surface area (TPSA) is 59.9 Å². The molecule has 0 spiro atoms. The predicted molar refractivity (Wildman–Crippen MR) is 102 cm³/mol. The first-order valence-corrected chi connectivity index (χ1v) is 10.0. The summed E-state index contributed by atoms with van der Waals surface area (Å²) in [6, 6.07) is 12.2. The lowest BCUT2D eigenvalue weighted by Crippen LogP contribution is -2.15. The summed E-state index contributed by atoms with van der Waals surface area (Å²) < 4.78 is 6.23. The third kappa shape index (κ3) is 3.34. The normalized spacial score (nSPS) is 15.5. The summed E-state index contributed by atoms with van der Waals surface area (Å²) in [6.07, 6.45) is 0.773. The van der Waals surface area contributed by atoms with Gasteiger partial charge in [0.15, 0.2) is 5.69 Å². The number of hydrogen-bond donors (Lipinski definition) is 1. The molecule has 0 saturated heterocycles. The maximum absolute atomic E-state index is 6.23. The molecular formula is C18H18N4OS2. The van der Waals surface area contributed by atoms with Gasteiger partial charge < -0.3 is 10.1 Å². The Labute approximate surface area is 154 Å². The van der Waals surface area contributed by atoms with E-state index in [0.717, 1.165) is 28.3 Å². The minimum Gasteiger partial charge on any atom is -0.447 e. The molecule has 3 heterocycles. The number of aromatic nitrogens is 3. The van der Waals surface area contributed by atoms with Crippen LogP contribution < -0.4 is 10.1 Å². The number of ether oxygens (including phenoxy) is 1. The van der Waals surface area contributed by atoms with Crippen molar-refractivity contribution in [2.75, 3.05) is 11.1 Å². The van der Waals surface area contributed by atoms with Crippen LogP contribution in [0.15, 0.2) is 41.6 Å². The molecule has 0 radical (unpaired) electrons. The molecule has 4 rings (SSSR count). The summed E-state index contributed by atoms with van der Waals surface area (Å²) in [5.41, 5.74) is 2.61. The maximum atomic E-state index is 6.23. The zero-order chi connectivity index (χ0) is 17.2. The summed E-state index contributed by atoms with van der Waals surface area (Å²) >= 11 is 3.31. The number of fused-ring (bicyclic) bond motifs is 3. The third-order valence-corrected chi connectivity index (χ3v) is 5.88. The molecule has 1 aliphatic rings. The second-order valence-electron chi connectivity index (χ2n) is 5.73. The minimum atomic E-state index is -0.290. The van der Waals surface area contributed by atoms with E-state index < -0.39 is 0 Å². The van der Waals surface area contributed by atoms with Gasteiger partial charge in [0, 0.05) is 21.9 Å². The van der Waals surface area contributed by atoms with E-state index in [-0.39, 0.29) is 6.23 Å². The standard InChI is InChI=1S/C18H18N4OS2/c1-3-10-24-18-20-17-15(21-22-18)12-6-4-5-7-13(12)19-16(23-17)14-9-8-11(2)25-14/h4-9,16,19H,3,10H2,1-2H3/t16-/m0/s1. The highest BCUT2D eigenvalue weighted by molar-refractivity contribution is 7.99. The summed E-state index contributed by atoms with van der Waals surface area (Å²) in [5.74, 6) is 1.49. The van der Waals surface area contributed by atoms with E-state index in [2.05, 4.69) is 46.5 Å². The molecule has 0 amide bonds. The average Bonchev–Trinajstić information content (AvgIpc) is 2.99. The molecule has 7 heteroatoms. The Morgan fingerprint density at radius 1 is 1.20 bits per heavy atom. The van der Waals surface area contributed by atoms with Crippen LogP contribution in [-0.2, 0) is 0 Å². The smallest absolute Gasteiger partial charge is 0.247 e. The molecule has 0 bridgehead atoms. The van der Waals surface area contributed by atoms with Gasteiger partial charge in [-0.3, -0.25) is 0 Å². The fraction of sp³-hybridized carbons (Fsp3) is 0.278. The van der Waals surface area contributed by atoms with E-state index in [1.54, 1.807) is 23.1 Å². The van der Waals surface area contributed by atoms with E-state index in [1.807, 2.05) is 24.3 Å². The first-order valence-electron chi connectivity index (χ1n) is 8.21. The van der Waals surface area contributed by atoms with Gasteiger partial charge in [-0.2, -0.15) is 4.98 Å². The number of aryl methyl sites for hydroxylation is 1. The molecule has 1 aromatic carbocycles. The Kier molecular flexibility index (Phi) is 4.59. The number of thiophene rings is 1. The number of benzene rings is 1. The van der Waals surface area contributed by atoms with Crippen LogP contribution in [0.4, 0.5) is 5.69 Å². The van der Waals surface area contributed by atoms with Gasteiger partial charge in [0.2, 0.25) is 17.3 Å². The van der Waals surface area contributed by atoms with Gasteiger partial charge in [0.1, 0.15) is 0 Å². The fourth-order valence-corrected chi connectivity index (χ4v) is 4.12. The molecule has 1 atom stereocenters. The Morgan fingerprint density at radius 2 is 2.08 bits per heavy atom. The number of rotatable bonds is 4. The lowest BCUT2D eigenvalue weighted by atomic mass is 10.1. The van der Waals surface area contributed by atoms with Crippen molar-refractivity contribution in [3.8, 4) is 17.1 Å². The highest BCUT2D eigenvalue weighted by Crippen LogP contribution is 2.40. The molecule has 2 aromatic heterocycles. The van der Waals surface area contributed by atoms with Crippen molar-refractivity contribution >= 4 is 28.8 Å². The second kappa shape index (κ2) is 7.01. The van der Waals surface area contributed by atoms with Gasteiger partial charge in [0.25, 0.3) is 0 Å². The first-order chi connectivity index (χ1) is 12.2. The summed E-state index contributed by atoms with van der Waals surface area (Å²) in [7, 11) is 0. The van der Waals surface area contributed by atoms with Crippen LogP contribution in [0, 0.1) is 6.92 Å². The first kappa shape index (κ1) is 16.4. The van der Waals surface area contributed by atoms with Crippen LogP contribution in [0.2, 0.25) is 0 Å². The van der Waals surface area contributed by atoms with Gasteiger partial charge in [0.05, 0.1) is 4.88 Å². The molecule has 0 saturated carbocycles. The maximum Gasteiger partial charge on any atom is 0.247 e. The van der Waals surface area contributed by atoms with Crippen molar-refractivity contribution in [2.45, 2.75) is 31.7 Å². The van der Waals surface area contributed by atoms with Crippen molar-refractivity contribution in [3.63, 3.8) is 0 Å². The van der Waals surface area contributed by atoms with Gasteiger partial charge in [-0.25, -0.2) is 0 Å². The Balaban J connectivity index is 1.79. The molecular weight excluding hydrogens is 352 g/mol. The number of hydrogen-bond acceptors (Lipinski definition) is 7. The van der Waals surface area contributed by atoms with Crippen LogP contribution in [0.3, 0.4) is 0 Å². The summed E-state index contributed by atoms with van der Waals surface area (Å²) in [4.78, 5) is 6.98. The number of anilines is 1. The number of para-hydroxylation sites is 1. The van der Waals surface area contributed by atoms with Crippen LogP contribution in [0.25, 0.3) is 11.3 Å². The number of nitrogens with zero attached hydrogens (tertiary/aromatic N) is 3. The van der Waals surface area contributed by atoms with Crippen molar-refractivity contribution < 1.29 is 4.74 Å². The van der Waals surface area contributed by atoms with Crippen molar-refractivity contribution in [2.24, 2.45) is 0 Å².